The largest absolute Gasteiger partial charge is 0.339 e. The lowest BCUT2D eigenvalue weighted by atomic mass is 9.88. The lowest BCUT2D eigenvalue weighted by Crippen LogP contribution is -2.52. The van der Waals surface area contributed by atoms with Crippen molar-refractivity contribution in [3.05, 3.63) is 34.6 Å². The summed E-state index contributed by atoms with van der Waals surface area (Å²) in [7, 11) is 0. The summed E-state index contributed by atoms with van der Waals surface area (Å²) < 4.78 is 13.9. The average Bonchev–Trinajstić information content (AvgIpc) is 2.63. The number of carbonyl (C=O) groups excluding carboxylic acids is 2. The normalized spacial score (nSPS) is 19.4. The van der Waals surface area contributed by atoms with Crippen LogP contribution < -0.4 is 0 Å². The quantitative estimate of drug-likeness (QED) is 0.819. The fourth-order valence-corrected chi connectivity index (χ4v) is 3.74. The molecule has 0 N–H and O–H groups in total. The van der Waals surface area contributed by atoms with Gasteiger partial charge in [0.25, 0.3) is 5.91 Å². The first-order chi connectivity index (χ1) is 11.6. The number of benzene rings is 1. The van der Waals surface area contributed by atoms with Crippen molar-refractivity contribution in [1.29, 1.82) is 0 Å². The van der Waals surface area contributed by atoms with Crippen LogP contribution in [0.1, 0.15) is 42.5 Å². The fraction of sp³-hybridized carbons (Fsp3) is 0.556. The van der Waals surface area contributed by atoms with E-state index < -0.39 is 5.82 Å². The summed E-state index contributed by atoms with van der Waals surface area (Å²) in [5.74, 6) is -0.563. The van der Waals surface area contributed by atoms with Gasteiger partial charge in [0.15, 0.2) is 0 Å². The van der Waals surface area contributed by atoms with Crippen LogP contribution in [0, 0.1) is 11.7 Å². The Kier molecular flexibility index (Phi) is 5.39. The molecule has 0 aromatic heterocycles. The first kappa shape index (κ1) is 17.2. The summed E-state index contributed by atoms with van der Waals surface area (Å²) in [5.41, 5.74) is -0.00504. The molecule has 2 fully saturated rings. The molecule has 0 radical (unpaired) electrons. The van der Waals surface area contributed by atoms with Gasteiger partial charge in [0, 0.05) is 37.1 Å². The standard InChI is InChI=1S/C18H22ClFN2O2/c19-14-6-7-16(20)15(12-14)18(24)22-10-8-21(9-11-22)17(23)13-4-2-1-3-5-13/h6-7,12-13H,1-5,8-11H2. The van der Waals surface area contributed by atoms with Gasteiger partial charge in [-0.2, -0.15) is 0 Å². The number of carbonyl (C=O) groups is 2. The molecular weight excluding hydrogens is 331 g/mol. The van der Waals surface area contributed by atoms with E-state index in [9.17, 15) is 14.0 Å². The van der Waals surface area contributed by atoms with Crippen molar-refractivity contribution in [3.63, 3.8) is 0 Å². The third-order valence-corrected chi connectivity index (χ3v) is 5.23. The molecule has 1 saturated heterocycles. The van der Waals surface area contributed by atoms with Crippen LogP contribution in [0.5, 0.6) is 0 Å². The summed E-state index contributed by atoms with van der Waals surface area (Å²) >= 11 is 5.86. The maximum atomic E-state index is 13.9. The van der Waals surface area contributed by atoms with Gasteiger partial charge in [-0.05, 0) is 31.0 Å². The highest BCUT2D eigenvalue weighted by atomic mass is 35.5. The maximum Gasteiger partial charge on any atom is 0.257 e. The van der Waals surface area contributed by atoms with Gasteiger partial charge >= 0.3 is 0 Å². The van der Waals surface area contributed by atoms with Crippen molar-refractivity contribution in [2.75, 3.05) is 26.2 Å². The van der Waals surface area contributed by atoms with Crippen LogP contribution >= 0.6 is 11.6 Å². The number of piperazine rings is 1. The highest BCUT2D eigenvalue weighted by molar-refractivity contribution is 6.31. The molecule has 130 valence electrons. The SMILES string of the molecule is O=C(c1cc(Cl)ccc1F)N1CCN(C(=O)C2CCCCC2)CC1. The maximum absolute atomic E-state index is 13.9. The lowest BCUT2D eigenvalue weighted by Gasteiger charge is -2.37. The second kappa shape index (κ2) is 7.51. The number of rotatable bonds is 2. The van der Waals surface area contributed by atoms with Gasteiger partial charge in [0.2, 0.25) is 5.91 Å². The molecule has 0 bridgehead atoms. The van der Waals surface area contributed by atoms with Crippen LogP contribution in [0.2, 0.25) is 5.02 Å². The van der Waals surface area contributed by atoms with Gasteiger partial charge in [0.1, 0.15) is 5.82 Å². The molecule has 0 spiro atoms. The predicted molar refractivity (Wildman–Crippen MR) is 90.5 cm³/mol. The number of hydrogen-bond donors (Lipinski definition) is 0. The Morgan fingerprint density at radius 2 is 1.62 bits per heavy atom. The van der Waals surface area contributed by atoms with Crippen molar-refractivity contribution in [2.45, 2.75) is 32.1 Å². The number of halogens is 2. The van der Waals surface area contributed by atoms with Crippen molar-refractivity contribution >= 4 is 23.4 Å². The number of amides is 2. The van der Waals surface area contributed by atoms with Crippen LogP contribution in [0.4, 0.5) is 4.39 Å². The molecule has 3 rings (SSSR count). The van der Waals surface area contributed by atoms with Gasteiger partial charge in [-0.1, -0.05) is 30.9 Å². The molecule has 1 aromatic carbocycles. The van der Waals surface area contributed by atoms with Gasteiger partial charge < -0.3 is 9.80 Å². The molecule has 2 amide bonds. The van der Waals surface area contributed by atoms with Crippen LogP contribution in [0.15, 0.2) is 18.2 Å². The third-order valence-electron chi connectivity index (χ3n) is 4.99. The molecule has 1 saturated carbocycles. The minimum absolute atomic E-state index is 0.00504. The Balaban J connectivity index is 1.59. The fourth-order valence-electron chi connectivity index (χ4n) is 3.57. The first-order valence-corrected chi connectivity index (χ1v) is 8.97. The molecule has 2 aliphatic rings. The molecule has 4 nitrogen and oxygen atoms in total. The van der Waals surface area contributed by atoms with E-state index in [4.69, 9.17) is 11.6 Å². The van der Waals surface area contributed by atoms with Crippen LogP contribution in [-0.4, -0.2) is 47.8 Å². The minimum atomic E-state index is -0.565. The van der Waals surface area contributed by atoms with E-state index in [1.54, 1.807) is 4.90 Å². The van der Waals surface area contributed by atoms with Crippen molar-refractivity contribution in [1.82, 2.24) is 9.80 Å². The Morgan fingerprint density at radius 3 is 2.29 bits per heavy atom. The lowest BCUT2D eigenvalue weighted by molar-refractivity contribution is -0.138. The summed E-state index contributed by atoms with van der Waals surface area (Å²) in [6, 6.07) is 3.99. The number of hydrogen-bond acceptors (Lipinski definition) is 2. The molecule has 6 heteroatoms. The van der Waals surface area contributed by atoms with E-state index in [1.807, 2.05) is 4.90 Å². The van der Waals surface area contributed by atoms with Crippen LogP contribution in [0.3, 0.4) is 0 Å². The van der Waals surface area contributed by atoms with E-state index in [2.05, 4.69) is 0 Å². The second-order valence-corrected chi connectivity index (χ2v) is 7.01. The second-order valence-electron chi connectivity index (χ2n) is 6.58. The Bertz CT molecular complexity index is 623. The number of nitrogens with zero attached hydrogens (tertiary/aromatic N) is 2. The van der Waals surface area contributed by atoms with Crippen LogP contribution in [-0.2, 0) is 4.79 Å². The third kappa shape index (κ3) is 3.72. The Labute approximate surface area is 146 Å². The molecule has 0 atom stereocenters. The zero-order valence-corrected chi connectivity index (χ0v) is 14.4. The zero-order valence-electron chi connectivity index (χ0n) is 13.6. The van der Waals surface area contributed by atoms with Gasteiger partial charge in [-0.25, -0.2) is 4.39 Å². The topological polar surface area (TPSA) is 40.6 Å². The van der Waals surface area contributed by atoms with E-state index in [-0.39, 0.29) is 23.3 Å². The van der Waals surface area contributed by atoms with Crippen LogP contribution in [0.25, 0.3) is 0 Å². The molecule has 24 heavy (non-hydrogen) atoms. The average molecular weight is 353 g/mol. The van der Waals surface area contributed by atoms with E-state index in [1.165, 1.54) is 24.6 Å². The predicted octanol–water partition coefficient (Wildman–Crippen LogP) is 3.34. The summed E-state index contributed by atoms with van der Waals surface area (Å²) in [4.78, 5) is 28.5. The summed E-state index contributed by atoms with van der Waals surface area (Å²) in [5, 5.41) is 0.339. The van der Waals surface area contributed by atoms with Gasteiger partial charge in [0.05, 0.1) is 5.56 Å². The van der Waals surface area contributed by atoms with Gasteiger partial charge in [-0.15, -0.1) is 0 Å². The van der Waals surface area contributed by atoms with Crippen molar-refractivity contribution in [3.8, 4) is 0 Å². The minimum Gasteiger partial charge on any atom is -0.339 e. The van der Waals surface area contributed by atoms with E-state index >= 15 is 0 Å². The summed E-state index contributed by atoms with van der Waals surface area (Å²) in [6.45, 7) is 1.90. The van der Waals surface area contributed by atoms with Gasteiger partial charge in [-0.3, -0.25) is 9.59 Å². The van der Waals surface area contributed by atoms with Crippen molar-refractivity contribution < 1.29 is 14.0 Å². The molecule has 1 heterocycles. The zero-order chi connectivity index (χ0) is 17.1. The van der Waals surface area contributed by atoms with E-state index in [0.29, 0.717) is 31.2 Å². The molecule has 1 aliphatic heterocycles. The Hall–Kier alpha value is -1.62. The molecule has 0 unspecified atom stereocenters. The van der Waals surface area contributed by atoms with Crippen molar-refractivity contribution in [2.24, 2.45) is 5.92 Å². The molecule has 1 aliphatic carbocycles. The monoisotopic (exact) mass is 352 g/mol. The summed E-state index contributed by atoms with van der Waals surface area (Å²) in [6.07, 6.45) is 5.43. The van der Waals surface area contributed by atoms with E-state index in [0.717, 1.165) is 25.7 Å². The smallest absolute Gasteiger partial charge is 0.257 e. The molecule has 1 aromatic rings. The first-order valence-electron chi connectivity index (χ1n) is 8.59. The highest BCUT2D eigenvalue weighted by Gasteiger charge is 2.30. The molecular formula is C18H22ClFN2O2. The highest BCUT2D eigenvalue weighted by Crippen LogP contribution is 2.26. The Morgan fingerprint density at radius 1 is 1.00 bits per heavy atom.